The van der Waals surface area contributed by atoms with Crippen molar-refractivity contribution in [3.8, 4) is 11.5 Å². The van der Waals surface area contributed by atoms with Crippen LogP contribution in [0.3, 0.4) is 0 Å². The average Bonchev–Trinajstić information content (AvgIpc) is 2.64. The summed E-state index contributed by atoms with van der Waals surface area (Å²) in [6, 6.07) is 6.93. The number of carboxylic acid groups (broad SMARTS) is 2. The van der Waals surface area contributed by atoms with Gasteiger partial charge in [-0.15, -0.1) is 0 Å². The number of aromatic carboxylic acids is 2. The summed E-state index contributed by atoms with van der Waals surface area (Å²) in [6.45, 7) is 23.9. The van der Waals surface area contributed by atoms with E-state index in [-0.39, 0.29) is 87.7 Å². The van der Waals surface area contributed by atoms with E-state index in [0.717, 1.165) is 11.1 Å². The minimum atomic E-state index is -1.09. The number of carbonyl (C=O) groups is 2. The van der Waals surface area contributed by atoms with Gasteiger partial charge in [-0.05, 0) is 44.9 Å². The van der Waals surface area contributed by atoms with Gasteiger partial charge in [-0.25, -0.2) is 9.59 Å². The van der Waals surface area contributed by atoms with Crippen molar-refractivity contribution in [2.45, 2.75) is 105 Å². The van der Waals surface area contributed by atoms with Crippen molar-refractivity contribution >= 4 is 35.8 Å². The molecule has 0 aliphatic rings. The van der Waals surface area contributed by atoms with Gasteiger partial charge in [0.15, 0.2) is 0 Å². The minimum absolute atomic E-state index is 0. The van der Waals surface area contributed by atoms with Crippen LogP contribution in [-0.2, 0) is 41.1 Å². The predicted octanol–water partition coefficient (Wildman–Crippen LogP) is 6.99. The summed E-state index contributed by atoms with van der Waals surface area (Å²) in [5.41, 5.74) is 2.24. The second kappa shape index (κ2) is 13.2. The molecule has 0 bridgehead atoms. The maximum Gasteiger partial charge on any atom is 0.339 e. The molecule has 6 nitrogen and oxygen atoms in total. The molecule has 2 rings (SSSR count). The molecule has 4 N–H and O–H groups in total. The molecule has 0 saturated heterocycles. The minimum Gasteiger partial charge on any atom is -0.507 e. The fraction of sp³-hybridized carbons (Fsp3) is 0.533. The summed E-state index contributed by atoms with van der Waals surface area (Å²) in [6.07, 6.45) is 0. The Morgan fingerprint density at radius 3 is 0.921 bits per heavy atom. The van der Waals surface area contributed by atoms with Gasteiger partial charge in [-0.3, -0.25) is 0 Å². The SMILES string of the molecule is CC(C)(C)c1cc(C(=O)O)c(O)c(C(C)(C)C)c1.CC(C)(C)c1cc(C(=O)O)c(O)c(C(C)(C)C)c1.[Sn].[Zn]. The van der Waals surface area contributed by atoms with Gasteiger partial charge < -0.3 is 20.4 Å². The Kier molecular flexibility index (Phi) is 13.4. The van der Waals surface area contributed by atoms with E-state index in [9.17, 15) is 30.0 Å². The normalized spacial score (nSPS) is 11.9. The first-order valence-electron chi connectivity index (χ1n) is 12.1. The van der Waals surface area contributed by atoms with Crippen LogP contribution in [0.1, 0.15) is 126 Å². The van der Waals surface area contributed by atoms with Crippen LogP contribution in [0.4, 0.5) is 0 Å². The molecule has 0 aliphatic carbocycles. The van der Waals surface area contributed by atoms with Gasteiger partial charge in [0, 0.05) is 54.5 Å². The number of benzene rings is 2. The summed E-state index contributed by atoms with van der Waals surface area (Å²) < 4.78 is 0. The van der Waals surface area contributed by atoms with E-state index in [4.69, 9.17) is 0 Å². The van der Waals surface area contributed by atoms with Gasteiger partial charge >= 0.3 is 11.9 Å². The zero-order chi connectivity index (χ0) is 28.6. The molecular formula is C30H44O6SnZn. The van der Waals surface area contributed by atoms with Crippen LogP contribution in [0.2, 0.25) is 0 Å². The molecule has 0 atom stereocenters. The number of hydrogen-bond acceptors (Lipinski definition) is 4. The molecule has 0 aromatic heterocycles. The van der Waals surface area contributed by atoms with E-state index in [1.54, 1.807) is 12.1 Å². The van der Waals surface area contributed by atoms with E-state index in [1.165, 1.54) is 0 Å². The quantitative estimate of drug-likeness (QED) is 0.254. The summed E-state index contributed by atoms with van der Waals surface area (Å²) in [7, 11) is 0. The summed E-state index contributed by atoms with van der Waals surface area (Å²) in [4.78, 5) is 22.4. The zero-order valence-corrected chi connectivity index (χ0v) is 30.9. The number of hydrogen-bond donors (Lipinski definition) is 4. The zero-order valence-electron chi connectivity index (χ0n) is 25.1. The van der Waals surface area contributed by atoms with Crippen molar-refractivity contribution in [1.29, 1.82) is 0 Å². The van der Waals surface area contributed by atoms with Crippen LogP contribution in [0.5, 0.6) is 11.5 Å². The largest absolute Gasteiger partial charge is 0.507 e. The molecule has 0 fully saturated rings. The number of aromatic hydroxyl groups is 2. The van der Waals surface area contributed by atoms with Crippen LogP contribution in [0, 0.1) is 0 Å². The maximum absolute atomic E-state index is 11.2. The molecular weight excluding hydrogens is 640 g/mol. The van der Waals surface area contributed by atoms with Crippen molar-refractivity contribution in [2.75, 3.05) is 0 Å². The van der Waals surface area contributed by atoms with E-state index < -0.39 is 11.9 Å². The Labute approximate surface area is 258 Å². The van der Waals surface area contributed by atoms with Crippen LogP contribution in [0.25, 0.3) is 0 Å². The molecule has 38 heavy (non-hydrogen) atoms. The maximum atomic E-state index is 11.2. The van der Waals surface area contributed by atoms with Gasteiger partial charge in [0.1, 0.15) is 22.6 Å². The molecule has 0 unspecified atom stereocenters. The van der Waals surface area contributed by atoms with Gasteiger partial charge in [-0.1, -0.05) is 95.2 Å². The molecule has 0 amide bonds. The third-order valence-electron chi connectivity index (χ3n) is 6.03. The van der Waals surface area contributed by atoms with Crippen molar-refractivity contribution in [2.24, 2.45) is 0 Å². The third kappa shape index (κ3) is 9.86. The van der Waals surface area contributed by atoms with Gasteiger partial charge in [0.2, 0.25) is 0 Å². The molecule has 8 heteroatoms. The topological polar surface area (TPSA) is 115 Å². The van der Waals surface area contributed by atoms with Crippen molar-refractivity contribution in [3.05, 3.63) is 57.6 Å². The molecule has 0 heterocycles. The van der Waals surface area contributed by atoms with Gasteiger partial charge in [-0.2, -0.15) is 0 Å². The first-order chi connectivity index (χ1) is 15.9. The van der Waals surface area contributed by atoms with Gasteiger partial charge in [0.05, 0.1) is 0 Å². The van der Waals surface area contributed by atoms with Crippen LogP contribution in [-0.4, -0.2) is 56.3 Å². The smallest absolute Gasteiger partial charge is 0.339 e. The first-order valence-corrected chi connectivity index (χ1v) is 12.1. The van der Waals surface area contributed by atoms with Crippen LogP contribution >= 0.6 is 0 Å². The van der Waals surface area contributed by atoms with E-state index >= 15 is 0 Å². The fourth-order valence-electron chi connectivity index (χ4n) is 3.60. The van der Waals surface area contributed by atoms with Crippen LogP contribution in [0.15, 0.2) is 24.3 Å². The Balaban J connectivity index is 0. The number of carboxylic acids is 2. The number of phenols is 2. The van der Waals surface area contributed by atoms with Crippen molar-refractivity contribution in [1.82, 2.24) is 0 Å². The molecule has 0 spiro atoms. The Hall–Kier alpha value is -1.60. The third-order valence-corrected chi connectivity index (χ3v) is 6.03. The van der Waals surface area contributed by atoms with Gasteiger partial charge in [0.25, 0.3) is 0 Å². The monoisotopic (exact) mass is 684 g/mol. The molecule has 2 aromatic rings. The number of rotatable bonds is 2. The predicted molar refractivity (Wildman–Crippen MR) is 151 cm³/mol. The Morgan fingerprint density at radius 2 is 0.763 bits per heavy atom. The average molecular weight is 685 g/mol. The first kappa shape index (κ1) is 38.5. The molecule has 4 radical (unpaired) electrons. The Bertz CT molecular complexity index is 1050. The molecule has 206 valence electrons. The second-order valence-electron chi connectivity index (χ2n) is 13.5. The molecule has 0 saturated carbocycles. The van der Waals surface area contributed by atoms with E-state index in [2.05, 4.69) is 0 Å². The van der Waals surface area contributed by atoms with Crippen LogP contribution < -0.4 is 0 Å². The van der Waals surface area contributed by atoms with E-state index in [0.29, 0.717) is 11.1 Å². The van der Waals surface area contributed by atoms with Crippen molar-refractivity contribution in [3.63, 3.8) is 0 Å². The summed E-state index contributed by atoms with van der Waals surface area (Å²) in [5.74, 6) is -2.43. The van der Waals surface area contributed by atoms with E-state index in [1.807, 2.05) is 95.2 Å². The Morgan fingerprint density at radius 1 is 0.526 bits per heavy atom. The molecule has 2 aromatic carbocycles. The fourth-order valence-corrected chi connectivity index (χ4v) is 3.60. The van der Waals surface area contributed by atoms with Crippen molar-refractivity contribution < 1.29 is 49.5 Å². The second-order valence-corrected chi connectivity index (χ2v) is 13.5. The summed E-state index contributed by atoms with van der Waals surface area (Å²) in [5, 5.41) is 38.6. The summed E-state index contributed by atoms with van der Waals surface area (Å²) >= 11 is 0. The molecule has 0 aliphatic heterocycles. The standard InChI is InChI=1S/2C15H22O3.Sn.Zn/c2*1-14(2,3)9-7-10(13(17)18)12(16)11(8-9)15(4,5)6;;/h2*7-8,16H,1-6H3,(H,17,18);;.